The van der Waals surface area contributed by atoms with Gasteiger partial charge in [-0.05, 0) is 48.0 Å². The maximum Gasteiger partial charge on any atom is 0.490 e. The van der Waals surface area contributed by atoms with Crippen LogP contribution in [-0.2, 0) is 16.1 Å². The maximum absolute atomic E-state index is 13.0. The number of amides is 2. The van der Waals surface area contributed by atoms with Crippen molar-refractivity contribution < 1.29 is 32.7 Å². The Bertz CT molecular complexity index is 1160. The molecule has 0 spiro atoms. The number of carbonyl (C=O) groups excluding carboxylic acids is 2. The molecule has 0 aliphatic rings. The van der Waals surface area contributed by atoms with Gasteiger partial charge >= 0.3 is 12.1 Å². The molecular weight excluding hydrogens is 465 g/mol. The lowest BCUT2D eigenvalue weighted by molar-refractivity contribution is -0.192. The number of rotatable bonds is 6. The Morgan fingerprint density at radius 1 is 0.914 bits per heavy atom. The van der Waals surface area contributed by atoms with Crippen LogP contribution in [0, 0.1) is 0 Å². The van der Waals surface area contributed by atoms with Crippen molar-refractivity contribution in [2.45, 2.75) is 12.7 Å². The van der Waals surface area contributed by atoms with Gasteiger partial charge in [-0.15, -0.1) is 0 Å². The number of carbonyl (C=O) groups is 3. The van der Waals surface area contributed by atoms with Gasteiger partial charge in [-0.25, -0.2) is 4.79 Å². The van der Waals surface area contributed by atoms with Crippen molar-refractivity contribution in [3.63, 3.8) is 0 Å². The summed E-state index contributed by atoms with van der Waals surface area (Å²) < 4.78 is 31.7. The highest BCUT2D eigenvalue weighted by Crippen LogP contribution is 2.19. The van der Waals surface area contributed by atoms with Crippen molar-refractivity contribution in [3.8, 4) is 0 Å². The number of aliphatic carboxylic acids is 1. The second-order valence-corrected chi connectivity index (χ2v) is 7.06. The van der Waals surface area contributed by atoms with E-state index in [1.165, 1.54) is 4.90 Å². The number of hydrogen-bond acceptors (Lipinski definition) is 5. The van der Waals surface area contributed by atoms with Gasteiger partial charge in [-0.1, -0.05) is 36.4 Å². The number of carboxylic acids is 1. The topological polar surface area (TPSA) is 139 Å². The Kier molecular flexibility index (Phi) is 9.36. The lowest BCUT2D eigenvalue weighted by atomic mass is 10.1. The van der Waals surface area contributed by atoms with Crippen molar-refractivity contribution in [3.05, 3.63) is 90.0 Å². The summed E-state index contributed by atoms with van der Waals surface area (Å²) in [5.74, 6) is -3.32. The van der Waals surface area contributed by atoms with Gasteiger partial charge in [-0.3, -0.25) is 14.5 Å². The van der Waals surface area contributed by atoms with Crippen LogP contribution in [0.1, 0.15) is 15.9 Å². The van der Waals surface area contributed by atoms with Gasteiger partial charge in [0.2, 0.25) is 5.91 Å². The standard InChI is InChI=1S/C22H22N4O2.C2HF3O2/c23-14-17-13-18(11-12-20(17)24)25-21(27)15-26(19-9-5-2-6-10-19)22(28)16-7-3-1-4-8-16;3-2(4,5)1(6)7/h1-13H,14-15,23-24H2,(H,25,27);(H,6,7). The average molecular weight is 488 g/mol. The molecule has 184 valence electrons. The quantitative estimate of drug-likeness (QED) is 0.391. The highest BCUT2D eigenvalue weighted by atomic mass is 19.4. The van der Waals surface area contributed by atoms with E-state index in [2.05, 4.69) is 5.32 Å². The summed E-state index contributed by atoms with van der Waals surface area (Å²) in [6.07, 6.45) is -5.08. The number of nitrogens with two attached hydrogens (primary N) is 2. The number of nitrogens with one attached hydrogen (secondary N) is 1. The number of alkyl halides is 3. The molecule has 0 saturated heterocycles. The molecule has 0 aliphatic heterocycles. The van der Waals surface area contributed by atoms with Crippen molar-refractivity contribution in [2.24, 2.45) is 5.73 Å². The molecule has 0 aromatic heterocycles. The number of hydrogen-bond donors (Lipinski definition) is 4. The number of halogens is 3. The Labute approximate surface area is 199 Å². The molecule has 8 nitrogen and oxygen atoms in total. The molecule has 0 fully saturated rings. The van der Waals surface area contributed by atoms with Gasteiger partial charge in [0.05, 0.1) is 0 Å². The predicted octanol–water partition coefficient (Wildman–Crippen LogP) is 3.65. The highest BCUT2D eigenvalue weighted by Gasteiger charge is 2.38. The molecule has 0 heterocycles. The summed E-state index contributed by atoms with van der Waals surface area (Å²) in [7, 11) is 0. The summed E-state index contributed by atoms with van der Waals surface area (Å²) in [4.78, 5) is 36.0. The Hall–Kier alpha value is -4.38. The number of para-hydroxylation sites is 1. The first-order valence-corrected chi connectivity index (χ1v) is 10.1. The largest absolute Gasteiger partial charge is 0.490 e. The zero-order valence-corrected chi connectivity index (χ0v) is 18.3. The molecule has 35 heavy (non-hydrogen) atoms. The zero-order chi connectivity index (χ0) is 26.0. The fraction of sp³-hybridized carbons (Fsp3) is 0.125. The monoisotopic (exact) mass is 488 g/mol. The van der Waals surface area contributed by atoms with Gasteiger partial charge in [0.1, 0.15) is 6.54 Å². The third-order valence-electron chi connectivity index (χ3n) is 4.52. The zero-order valence-electron chi connectivity index (χ0n) is 18.3. The normalized spacial score (nSPS) is 10.5. The van der Waals surface area contributed by atoms with Crippen molar-refractivity contribution in [1.82, 2.24) is 0 Å². The molecule has 3 aromatic rings. The average Bonchev–Trinajstić information content (AvgIpc) is 2.84. The number of nitrogens with zero attached hydrogens (tertiary/aromatic N) is 1. The number of anilines is 3. The summed E-state index contributed by atoms with van der Waals surface area (Å²) in [6.45, 7) is 0.151. The molecule has 11 heteroatoms. The maximum atomic E-state index is 13.0. The van der Waals surface area contributed by atoms with E-state index in [0.717, 1.165) is 5.56 Å². The molecule has 3 aromatic carbocycles. The Morgan fingerprint density at radius 2 is 1.46 bits per heavy atom. The lowest BCUT2D eigenvalue weighted by Gasteiger charge is -2.22. The van der Waals surface area contributed by atoms with Crippen LogP contribution in [0.5, 0.6) is 0 Å². The Morgan fingerprint density at radius 3 is 1.97 bits per heavy atom. The molecule has 0 radical (unpaired) electrons. The van der Waals surface area contributed by atoms with E-state index >= 15 is 0 Å². The minimum atomic E-state index is -5.08. The summed E-state index contributed by atoms with van der Waals surface area (Å²) in [6, 6.07) is 23.1. The minimum Gasteiger partial charge on any atom is -0.475 e. The summed E-state index contributed by atoms with van der Waals surface area (Å²) in [5.41, 5.74) is 14.6. The van der Waals surface area contributed by atoms with Gasteiger partial charge in [-0.2, -0.15) is 13.2 Å². The first-order valence-electron chi connectivity index (χ1n) is 10.1. The van der Waals surface area contributed by atoms with Crippen LogP contribution in [0.25, 0.3) is 0 Å². The molecule has 6 N–H and O–H groups in total. The van der Waals surface area contributed by atoms with Crippen molar-refractivity contribution in [2.75, 3.05) is 22.5 Å². The van der Waals surface area contributed by atoms with Crippen LogP contribution in [-0.4, -0.2) is 35.6 Å². The van der Waals surface area contributed by atoms with Gasteiger partial charge in [0.15, 0.2) is 0 Å². The van der Waals surface area contributed by atoms with E-state index in [1.54, 1.807) is 54.6 Å². The molecule has 0 saturated carbocycles. The third-order valence-corrected chi connectivity index (χ3v) is 4.52. The molecule has 0 atom stereocenters. The van der Waals surface area contributed by atoms with Gasteiger partial charge < -0.3 is 21.9 Å². The second-order valence-electron chi connectivity index (χ2n) is 7.06. The number of nitrogen functional groups attached to an aromatic ring is 1. The summed E-state index contributed by atoms with van der Waals surface area (Å²) >= 11 is 0. The van der Waals surface area contributed by atoms with Gasteiger partial charge in [0, 0.05) is 29.2 Å². The predicted molar refractivity (Wildman–Crippen MR) is 126 cm³/mol. The summed E-state index contributed by atoms with van der Waals surface area (Å²) in [5, 5.41) is 9.93. The van der Waals surface area contributed by atoms with Crippen LogP contribution >= 0.6 is 0 Å². The Balaban J connectivity index is 0.000000540. The number of carboxylic acid groups (broad SMARTS) is 1. The molecule has 0 bridgehead atoms. The molecular formula is C24H23F3N4O4. The second kappa shape index (κ2) is 12.2. The molecule has 2 amide bonds. The van der Waals surface area contributed by atoms with E-state index in [4.69, 9.17) is 21.4 Å². The van der Waals surface area contributed by atoms with Crippen LogP contribution in [0.3, 0.4) is 0 Å². The minimum absolute atomic E-state index is 0.125. The fourth-order valence-corrected chi connectivity index (χ4v) is 2.83. The van der Waals surface area contributed by atoms with E-state index < -0.39 is 12.1 Å². The van der Waals surface area contributed by atoms with E-state index in [0.29, 0.717) is 22.6 Å². The smallest absolute Gasteiger partial charge is 0.475 e. The first-order chi connectivity index (χ1) is 16.5. The first kappa shape index (κ1) is 26.9. The molecule has 0 aliphatic carbocycles. The van der Waals surface area contributed by atoms with E-state index in [9.17, 15) is 22.8 Å². The third kappa shape index (κ3) is 8.16. The van der Waals surface area contributed by atoms with E-state index in [1.807, 2.05) is 24.3 Å². The fourth-order valence-electron chi connectivity index (χ4n) is 2.83. The van der Waals surface area contributed by atoms with Crippen LogP contribution in [0.4, 0.5) is 30.2 Å². The lowest BCUT2D eigenvalue weighted by Crippen LogP contribution is -2.38. The molecule has 0 unspecified atom stereocenters. The van der Waals surface area contributed by atoms with Crippen molar-refractivity contribution >= 4 is 34.8 Å². The van der Waals surface area contributed by atoms with Crippen LogP contribution in [0.2, 0.25) is 0 Å². The van der Waals surface area contributed by atoms with Crippen LogP contribution < -0.4 is 21.7 Å². The SMILES string of the molecule is NCc1cc(NC(=O)CN(C(=O)c2ccccc2)c2ccccc2)ccc1N.O=C(O)C(F)(F)F. The van der Waals surface area contributed by atoms with E-state index in [-0.39, 0.29) is 24.9 Å². The number of benzene rings is 3. The van der Waals surface area contributed by atoms with Crippen molar-refractivity contribution in [1.29, 1.82) is 0 Å². The molecule has 3 rings (SSSR count). The highest BCUT2D eigenvalue weighted by molar-refractivity contribution is 6.10. The van der Waals surface area contributed by atoms with Crippen LogP contribution in [0.15, 0.2) is 78.9 Å². The van der Waals surface area contributed by atoms with Gasteiger partial charge in [0.25, 0.3) is 5.91 Å².